The molecule has 2 amide bonds. The van der Waals surface area contributed by atoms with Gasteiger partial charge < -0.3 is 10.6 Å². The molecule has 1 aromatic carbocycles. The molecular weight excluding hydrogens is 418 g/mol. The van der Waals surface area contributed by atoms with Crippen molar-refractivity contribution in [3.8, 4) is 0 Å². The van der Waals surface area contributed by atoms with Crippen LogP contribution < -0.4 is 10.6 Å². The van der Waals surface area contributed by atoms with Crippen LogP contribution in [-0.2, 0) is 9.59 Å². The highest BCUT2D eigenvalue weighted by Gasteiger charge is 2.32. The number of amidine groups is 1. The molecule has 1 aliphatic heterocycles. The molecule has 2 rings (SSSR count). The van der Waals surface area contributed by atoms with E-state index in [1.165, 1.54) is 49.6 Å². The van der Waals surface area contributed by atoms with Gasteiger partial charge in [0.05, 0.1) is 10.6 Å². The van der Waals surface area contributed by atoms with Gasteiger partial charge >= 0.3 is 0 Å². The number of non-ortho nitro benzene ring substituents is 1. The number of hydrogen-bond donors (Lipinski definition) is 2. The van der Waals surface area contributed by atoms with Crippen molar-refractivity contribution < 1.29 is 14.5 Å². The summed E-state index contributed by atoms with van der Waals surface area (Å²) in [5, 5.41) is 24.2. The molecule has 1 fully saturated rings. The maximum Gasteiger partial charge on any atom is 0.269 e. The van der Waals surface area contributed by atoms with E-state index >= 15 is 0 Å². The first kappa shape index (κ1) is 24.5. The van der Waals surface area contributed by atoms with E-state index in [1.807, 2.05) is 0 Å². The quantitative estimate of drug-likeness (QED) is 0.218. The average molecular weight is 448 g/mol. The summed E-state index contributed by atoms with van der Waals surface area (Å²) < 4.78 is 0. The van der Waals surface area contributed by atoms with Gasteiger partial charge in [0.1, 0.15) is 5.25 Å². The molecule has 0 aliphatic carbocycles. The summed E-state index contributed by atoms with van der Waals surface area (Å²) in [6, 6.07) is 5.98. The fourth-order valence-electron chi connectivity index (χ4n) is 2.96. The Morgan fingerprint density at radius 1 is 1.19 bits per heavy atom. The third-order valence-electron chi connectivity index (χ3n) is 4.79. The van der Waals surface area contributed by atoms with Gasteiger partial charge in [0.15, 0.2) is 5.17 Å². The number of nitrogens with zero attached hydrogens (tertiary/aromatic N) is 3. The number of thioether (sulfide) groups is 1. The monoisotopic (exact) mass is 447 g/mol. The summed E-state index contributed by atoms with van der Waals surface area (Å²) >= 11 is 1.18. The average Bonchev–Trinajstić information content (AvgIpc) is 3.10. The molecule has 0 spiro atoms. The molecule has 9 nitrogen and oxygen atoms in total. The Kier molecular flexibility index (Phi) is 10.2. The zero-order chi connectivity index (χ0) is 22.6. The van der Waals surface area contributed by atoms with E-state index < -0.39 is 10.2 Å². The Labute approximate surface area is 186 Å². The molecule has 0 saturated carbocycles. The Morgan fingerprint density at radius 3 is 2.55 bits per heavy atom. The Hall–Kier alpha value is -2.75. The number of rotatable bonds is 12. The predicted octanol–water partition coefficient (Wildman–Crippen LogP) is 3.77. The summed E-state index contributed by atoms with van der Waals surface area (Å²) in [7, 11) is 0. The van der Waals surface area contributed by atoms with Gasteiger partial charge in [-0.1, -0.05) is 50.8 Å². The number of hydrogen-bond acceptors (Lipinski definition) is 7. The number of nitro groups is 1. The smallest absolute Gasteiger partial charge is 0.269 e. The van der Waals surface area contributed by atoms with Crippen molar-refractivity contribution in [2.45, 2.75) is 64.0 Å². The van der Waals surface area contributed by atoms with Gasteiger partial charge in [-0.2, -0.15) is 5.10 Å². The van der Waals surface area contributed by atoms with Crippen LogP contribution in [0, 0.1) is 10.1 Å². The molecule has 2 N–H and O–H groups in total. The molecule has 1 aliphatic rings. The number of unbranched alkanes of at least 4 members (excludes halogenated alkanes) is 5. The molecule has 1 unspecified atom stereocenters. The highest BCUT2D eigenvalue weighted by Crippen LogP contribution is 2.22. The minimum Gasteiger partial charge on any atom is -0.356 e. The van der Waals surface area contributed by atoms with Crippen LogP contribution in [0.15, 0.2) is 34.5 Å². The lowest BCUT2D eigenvalue weighted by atomic mass is 10.1. The summed E-state index contributed by atoms with van der Waals surface area (Å²) in [4.78, 5) is 34.5. The van der Waals surface area contributed by atoms with Crippen LogP contribution in [-0.4, -0.2) is 39.4 Å². The zero-order valence-corrected chi connectivity index (χ0v) is 18.7. The van der Waals surface area contributed by atoms with Gasteiger partial charge in [0.2, 0.25) is 11.8 Å². The van der Waals surface area contributed by atoms with Crippen molar-refractivity contribution in [2.75, 3.05) is 6.54 Å². The number of nitrogens with one attached hydrogen (secondary N) is 2. The Morgan fingerprint density at radius 2 is 1.87 bits per heavy atom. The van der Waals surface area contributed by atoms with Gasteiger partial charge in [0, 0.05) is 25.1 Å². The molecule has 1 aromatic rings. The predicted molar refractivity (Wildman–Crippen MR) is 123 cm³/mol. The lowest BCUT2D eigenvalue weighted by molar-refractivity contribution is -0.384. The molecule has 31 heavy (non-hydrogen) atoms. The normalized spacial score (nSPS) is 17.6. The van der Waals surface area contributed by atoms with Crippen LogP contribution in [0.1, 0.15) is 64.4 Å². The van der Waals surface area contributed by atoms with Gasteiger partial charge in [-0.25, -0.2) is 0 Å². The first-order chi connectivity index (χ1) is 14.9. The fraction of sp³-hybridized carbons (Fsp3) is 0.524. The maximum absolute atomic E-state index is 12.1. The zero-order valence-electron chi connectivity index (χ0n) is 17.9. The van der Waals surface area contributed by atoms with Gasteiger partial charge in [-0.15, -0.1) is 5.10 Å². The van der Waals surface area contributed by atoms with Gasteiger partial charge in [0.25, 0.3) is 5.69 Å². The molecule has 0 radical (unpaired) electrons. The second-order valence-electron chi connectivity index (χ2n) is 7.31. The number of amides is 2. The minimum absolute atomic E-state index is 0.000845. The number of benzene rings is 1. The number of carbonyl (C=O) groups excluding carboxylic acids is 2. The molecule has 0 bridgehead atoms. The van der Waals surface area contributed by atoms with E-state index in [4.69, 9.17) is 0 Å². The SMILES string of the molecule is CCCCCCCCNC(=O)CC1SC(=NN=C(C)c2ccc([N+](=O)[O-])cc2)NC1=O. The topological polar surface area (TPSA) is 126 Å². The summed E-state index contributed by atoms with van der Waals surface area (Å²) in [6.45, 7) is 4.53. The van der Waals surface area contributed by atoms with Crippen molar-refractivity contribution in [1.29, 1.82) is 0 Å². The van der Waals surface area contributed by atoms with Crippen LogP contribution in [0.3, 0.4) is 0 Å². The minimum atomic E-state index is -0.529. The molecule has 168 valence electrons. The van der Waals surface area contributed by atoms with Crippen LogP contribution in [0.25, 0.3) is 0 Å². The van der Waals surface area contributed by atoms with Crippen molar-refractivity contribution in [3.05, 3.63) is 39.9 Å². The Bertz CT molecular complexity index is 839. The van der Waals surface area contributed by atoms with E-state index in [0.29, 0.717) is 23.0 Å². The van der Waals surface area contributed by atoms with E-state index in [-0.39, 0.29) is 23.9 Å². The first-order valence-electron chi connectivity index (χ1n) is 10.5. The second kappa shape index (κ2) is 12.8. The summed E-state index contributed by atoms with van der Waals surface area (Å²) in [6.07, 6.45) is 7.02. The second-order valence-corrected chi connectivity index (χ2v) is 8.50. The molecular formula is C21H29N5O4S. The third kappa shape index (κ3) is 8.49. The maximum atomic E-state index is 12.1. The van der Waals surface area contributed by atoms with Gasteiger partial charge in [-0.3, -0.25) is 19.7 Å². The van der Waals surface area contributed by atoms with E-state index in [1.54, 1.807) is 19.1 Å². The molecule has 1 saturated heterocycles. The van der Waals surface area contributed by atoms with Crippen molar-refractivity contribution in [1.82, 2.24) is 10.6 Å². The summed E-state index contributed by atoms with van der Waals surface area (Å²) in [5.74, 6) is -0.408. The van der Waals surface area contributed by atoms with Crippen LogP contribution in [0.4, 0.5) is 5.69 Å². The highest BCUT2D eigenvalue weighted by molar-refractivity contribution is 8.15. The van der Waals surface area contributed by atoms with Crippen LogP contribution >= 0.6 is 11.8 Å². The third-order valence-corrected chi connectivity index (χ3v) is 5.86. The lowest BCUT2D eigenvalue weighted by Gasteiger charge is -2.07. The van der Waals surface area contributed by atoms with Crippen molar-refractivity contribution >= 4 is 40.1 Å². The molecule has 0 aromatic heterocycles. The van der Waals surface area contributed by atoms with E-state index in [9.17, 15) is 19.7 Å². The van der Waals surface area contributed by atoms with E-state index in [0.717, 1.165) is 12.8 Å². The standard InChI is InChI=1S/C21H29N5O4S/c1-3-4-5-6-7-8-13-22-19(27)14-18-20(28)23-21(31-18)25-24-15(2)16-9-11-17(12-10-16)26(29)30/h9-12,18H,3-8,13-14H2,1-2H3,(H,22,27)(H,23,25,28). The lowest BCUT2D eigenvalue weighted by Crippen LogP contribution is -2.31. The number of nitro benzene ring substituents is 1. The van der Waals surface area contributed by atoms with Crippen molar-refractivity contribution in [2.24, 2.45) is 10.2 Å². The first-order valence-corrected chi connectivity index (χ1v) is 11.4. The van der Waals surface area contributed by atoms with Crippen molar-refractivity contribution in [3.63, 3.8) is 0 Å². The summed E-state index contributed by atoms with van der Waals surface area (Å²) in [5.41, 5.74) is 1.24. The van der Waals surface area contributed by atoms with Crippen LogP contribution in [0.2, 0.25) is 0 Å². The molecule has 1 heterocycles. The Balaban J connectivity index is 1.78. The van der Waals surface area contributed by atoms with E-state index in [2.05, 4.69) is 27.8 Å². The van der Waals surface area contributed by atoms with Gasteiger partial charge in [-0.05, 0) is 31.0 Å². The largest absolute Gasteiger partial charge is 0.356 e. The molecule has 10 heteroatoms. The molecule has 1 atom stereocenters. The highest BCUT2D eigenvalue weighted by atomic mass is 32.2. The van der Waals surface area contributed by atoms with Crippen LogP contribution in [0.5, 0.6) is 0 Å². The fourth-order valence-corrected chi connectivity index (χ4v) is 3.88. The number of carbonyl (C=O) groups is 2.